The van der Waals surface area contributed by atoms with Crippen LogP contribution in [0.5, 0.6) is 0 Å². The average Bonchev–Trinajstić information content (AvgIpc) is 3.29. The number of furan rings is 2. The van der Waals surface area contributed by atoms with Crippen molar-refractivity contribution in [2.24, 2.45) is 0 Å². The Kier molecular flexibility index (Phi) is 7.80. The van der Waals surface area contributed by atoms with E-state index in [1.54, 1.807) is 19.6 Å². The van der Waals surface area contributed by atoms with E-state index in [0.717, 1.165) is 38.5 Å². The minimum Gasteiger partial charge on any atom is -0.472 e. The van der Waals surface area contributed by atoms with Gasteiger partial charge in [0.2, 0.25) is 0 Å². The Hall–Kier alpha value is -2.00. The molecule has 0 aliphatic heterocycles. The molecule has 0 spiro atoms. The first kappa shape index (κ1) is 19.3. The van der Waals surface area contributed by atoms with E-state index >= 15 is 0 Å². The summed E-state index contributed by atoms with van der Waals surface area (Å²) < 4.78 is 15.9. The highest BCUT2D eigenvalue weighted by Crippen LogP contribution is 2.21. The van der Waals surface area contributed by atoms with E-state index in [2.05, 4.69) is 32.1 Å². The average molecular weight is 342 g/mol. The molecular formula is C22H30O3. The number of hydrogen-bond donors (Lipinski definition) is 0. The van der Waals surface area contributed by atoms with Crippen molar-refractivity contribution in [1.29, 1.82) is 0 Å². The molecule has 2 aromatic heterocycles. The summed E-state index contributed by atoms with van der Waals surface area (Å²) >= 11 is 0. The van der Waals surface area contributed by atoms with Gasteiger partial charge in [-0.3, -0.25) is 0 Å². The van der Waals surface area contributed by atoms with Crippen LogP contribution in [0.4, 0.5) is 0 Å². The first-order valence-electron chi connectivity index (χ1n) is 9.02. The Bertz CT molecular complexity index is 635. The molecule has 2 rings (SSSR count). The molecule has 136 valence electrons. The van der Waals surface area contributed by atoms with Crippen LogP contribution in [0, 0.1) is 0 Å². The highest BCUT2D eigenvalue weighted by atomic mass is 16.5. The summed E-state index contributed by atoms with van der Waals surface area (Å²) in [6.45, 7) is 4.33. The number of aryl methyl sites for hydroxylation is 2. The van der Waals surface area contributed by atoms with Gasteiger partial charge in [-0.1, -0.05) is 23.8 Å². The van der Waals surface area contributed by atoms with Gasteiger partial charge in [0, 0.05) is 7.11 Å². The Labute approximate surface area is 151 Å². The van der Waals surface area contributed by atoms with E-state index in [9.17, 15) is 0 Å². The van der Waals surface area contributed by atoms with E-state index < -0.39 is 0 Å². The molecule has 0 bridgehead atoms. The molecular weight excluding hydrogens is 312 g/mol. The van der Waals surface area contributed by atoms with Crippen LogP contribution in [0.25, 0.3) is 0 Å². The lowest BCUT2D eigenvalue weighted by molar-refractivity contribution is 0.0396. The number of allylic oxidation sites excluding steroid dienone is 3. The van der Waals surface area contributed by atoms with Crippen LogP contribution in [0.1, 0.15) is 50.7 Å². The summed E-state index contributed by atoms with van der Waals surface area (Å²) in [6.07, 6.45) is 20.0. The summed E-state index contributed by atoms with van der Waals surface area (Å²) in [5, 5.41) is 0. The molecule has 0 saturated heterocycles. The van der Waals surface area contributed by atoms with Gasteiger partial charge in [0.1, 0.15) is 0 Å². The molecule has 0 aliphatic rings. The van der Waals surface area contributed by atoms with E-state index in [-0.39, 0.29) is 5.60 Å². The Morgan fingerprint density at radius 2 is 1.80 bits per heavy atom. The molecule has 0 N–H and O–H groups in total. The zero-order valence-electron chi connectivity index (χ0n) is 15.7. The lowest BCUT2D eigenvalue weighted by Gasteiger charge is -2.24. The summed E-state index contributed by atoms with van der Waals surface area (Å²) in [7, 11) is 1.79. The van der Waals surface area contributed by atoms with Crippen molar-refractivity contribution in [2.75, 3.05) is 7.11 Å². The number of ether oxygens (including phenoxy) is 1. The predicted octanol–water partition coefficient (Wildman–Crippen LogP) is 6.13. The van der Waals surface area contributed by atoms with Crippen molar-refractivity contribution in [1.82, 2.24) is 0 Å². The fourth-order valence-corrected chi connectivity index (χ4v) is 2.83. The van der Waals surface area contributed by atoms with Crippen LogP contribution >= 0.6 is 0 Å². The Balaban J connectivity index is 1.72. The fourth-order valence-electron chi connectivity index (χ4n) is 2.83. The molecule has 1 unspecified atom stereocenters. The lowest BCUT2D eigenvalue weighted by Crippen LogP contribution is -2.24. The van der Waals surface area contributed by atoms with Gasteiger partial charge < -0.3 is 13.6 Å². The molecule has 3 nitrogen and oxygen atoms in total. The molecule has 0 saturated carbocycles. The van der Waals surface area contributed by atoms with Crippen LogP contribution in [-0.2, 0) is 17.6 Å². The van der Waals surface area contributed by atoms with Gasteiger partial charge in [0.05, 0.1) is 30.7 Å². The van der Waals surface area contributed by atoms with E-state index in [1.807, 2.05) is 24.7 Å². The van der Waals surface area contributed by atoms with Crippen molar-refractivity contribution in [2.45, 2.75) is 58.0 Å². The summed E-state index contributed by atoms with van der Waals surface area (Å²) in [5.74, 6) is 0. The Morgan fingerprint density at radius 3 is 2.40 bits per heavy atom. The summed E-state index contributed by atoms with van der Waals surface area (Å²) in [4.78, 5) is 0. The smallest absolute Gasteiger partial charge is 0.0934 e. The summed E-state index contributed by atoms with van der Waals surface area (Å²) in [5.41, 5.74) is 3.68. The second-order valence-electron chi connectivity index (χ2n) is 6.83. The third-order valence-corrected chi connectivity index (χ3v) is 4.60. The molecule has 1 atom stereocenters. The van der Waals surface area contributed by atoms with Crippen LogP contribution < -0.4 is 0 Å². The van der Waals surface area contributed by atoms with Gasteiger partial charge in [0.15, 0.2) is 0 Å². The van der Waals surface area contributed by atoms with E-state index in [4.69, 9.17) is 13.6 Å². The van der Waals surface area contributed by atoms with E-state index in [0.29, 0.717) is 0 Å². The van der Waals surface area contributed by atoms with Gasteiger partial charge in [0.25, 0.3) is 0 Å². The topological polar surface area (TPSA) is 35.5 Å². The zero-order chi connectivity index (χ0) is 18.0. The third kappa shape index (κ3) is 7.18. The number of methoxy groups -OCH3 is 1. The Morgan fingerprint density at radius 1 is 1.12 bits per heavy atom. The molecule has 3 heteroatoms. The fraction of sp³-hybridized carbons (Fsp3) is 0.455. The first-order valence-corrected chi connectivity index (χ1v) is 9.02. The third-order valence-electron chi connectivity index (χ3n) is 4.60. The van der Waals surface area contributed by atoms with Crippen molar-refractivity contribution in [3.05, 3.63) is 72.1 Å². The highest BCUT2D eigenvalue weighted by molar-refractivity contribution is 5.11. The van der Waals surface area contributed by atoms with Crippen molar-refractivity contribution < 1.29 is 13.6 Å². The standard InChI is InChI=1S/C22H30O3/c1-19(7-4-9-20-11-15-24-17-20)8-5-13-22(2,23-3)14-6-10-21-12-16-25-18-21/h5,7,11-13,15-18H,4,6,8-10,14H2,1-3H3. The monoisotopic (exact) mass is 342 g/mol. The second-order valence-corrected chi connectivity index (χ2v) is 6.83. The highest BCUT2D eigenvalue weighted by Gasteiger charge is 2.19. The summed E-state index contributed by atoms with van der Waals surface area (Å²) in [6, 6.07) is 4.05. The van der Waals surface area contributed by atoms with Crippen LogP contribution in [0.3, 0.4) is 0 Å². The molecule has 0 fully saturated rings. The second kappa shape index (κ2) is 10.1. The van der Waals surface area contributed by atoms with Crippen molar-refractivity contribution in [3.63, 3.8) is 0 Å². The largest absolute Gasteiger partial charge is 0.472 e. The maximum absolute atomic E-state index is 5.73. The molecule has 2 aromatic rings. The molecule has 0 aliphatic carbocycles. The minimum atomic E-state index is -0.208. The molecule has 0 amide bonds. The van der Waals surface area contributed by atoms with Crippen LogP contribution in [0.15, 0.2) is 69.8 Å². The van der Waals surface area contributed by atoms with Crippen molar-refractivity contribution in [3.8, 4) is 0 Å². The maximum atomic E-state index is 5.73. The zero-order valence-corrected chi connectivity index (χ0v) is 15.7. The van der Waals surface area contributed by atoms with Gasteiger partial charge in [-0.15, -0.1) is 0 Å². The van der Waals surface area contributed by atoms with E-state index in [1.165, 1.54) is 16.7 Å². The number of rotatable bonds is 11. The maximum Gasteiger partial charge on any atom is 0.0934 e. The van der Waals surface area contributed by atoms with Crippen LogP contribution in [-0.4, -0.2) is 12.7 Å². The van der Waals surface area contributed by atoms with Gasteiger partial charge in [-0.2, -0.15) is 0 Å². The molecule has 25 heavy (non-hydrogen) atoms. The predicted molar refractivity (Wildman–Crippen MR) is 102 cm³/mol. The minimum absolute atomic E-state index is 0.208. The van der Waals surface area contributed by atoms with Crippen molar-refractivity contribution >= 4 is 0 Å². The normalized spacial score (nSPS) is 14.9. The lowest BCUT2D eigenvalue weighted by atomic mass is 9.96. The SMILES string of the molecule is COC(C)(C=CCC(C)=CCCc1ccoc1)CCCc1ccoc1. The molecule has 2 heterocycles. The van der Waals surface area contributed by atoms with Gasteiger partial charge in [-0.05, 0) is 75.6 Å². The molecule has 0 aromatic carbocycles. The van der Waals surface area contributed by atoms with Crippen LogP contribution in [0.2, 0.25) is 0 Å². The first-order chi connectivity index (χ1) is 12.1. The van der Waals surface area contributed by atoms with Gasteiger partial charge in [-0.25, -0.2) is 0 Å². The van der Waals surface area contributed by atoms with Gasteiger partial charge >= 0.3 is 0 Å². The quantitative estimate of drug-likeness (QED) is 0.461. The number of hydrogen-bond acceptors (Lipinski definition) is 3. The molecule has 0 radical (unpaired) electrons.